The van der Waals surface area contributed by atoms with E-state index in [4.69, 9.17) is 14.2 Å². The Labute approximate surface area is 194 Å². The first-order valence-corrected chi connectivity index (χ1v) is 12.7. The second-order valence-corrected chi connectivity index (χ2v) is 10.2. The molecule has 1 aliphatic heterocycles. The summed E-state index contributed by atoms with van der Waals surface area (Å²) >= 11 is 0. The van der Waals surface area contributed by atoms with Crippen LogP contribution in [0.2, 0.25) is 0 Å². The summed E-state index contributed by atoms with van der Waals surface area (Å²) in [6.45, 7) is 2.96. The van der Waals surface area contributed by atoms with Gasteiger partial charge in [-0.2, -0.15) is 4.31 Å². The summed E-state index contributed by atoms with van der Waals surface area (Å²) < 4.78 is 43.9. The van der Waals surface area contributed by atoms with Gasteiger partial charge in [-0.1, -0.05) is 6.07 Å². The summed E-state index contributed by atoms with van der Waals surface area (Å²) in [5.74, 6) is 0.617. The van der Waals surface area contributed by atoms with E-state index in [0.717, 1.165) is 19.3 Å². The Morgan fingerprint density at radius 2 is 1.79 bits per heavy atom. The van der Waals surface area contributed by atoms with Gasteiger partial charge in [0.25, 0.3) is 5.91 Å². The molecule has 33 heavy (non-hydrogen) atoms. The summed E-state index contributed by atoms with van der Waals surface area (Å²) in [5.41, 5.74) is 2.89. The van der Waals surface area contributed by atoms with Crippen LogP contribution in [0.4, 0.5) is 5.69 Å². The van der Waals surface area contributed by atoms with Crippen molar-refractivity contribution in [3.8, 4) is 11.5 Å². The minimum atomic E-state index is -3.71. The van der Waals surface area contributed by atoms with Gasteiger partial charge in [-0.3, -0.25) is 4.79 Å². The van der Waals surface area contributed by atoms with Crippen molar-refractivity contribution in [2.24, 2.45) is 0 Å². The lowest BCUT2D eigenvalue weighted by atomic mass is 9.92. The van der Waals surface area contributed by atoms with E-state index in [1.165, 1.54) is 47.2 Å². The third kappa shape index (κ3) is 5.31. The molecule has 8 nitrogen and oxygen atoms in total. The molecule has 9 heteroatoms. The highest BCUT2D eigenvalue weighted by Crippen LogP contribution is 2.30. The van der Waals surface area contributed by atoms with Gasteiger partial charge >= 0.3 is 0 Å². The Hall–Kier alpha value is -2.62. The van der Waals surface area contributed by atoms with E-state index in [-0.39, 0.29) is 10.6 Å². The minimum Gasteiger partial charge on any atom is -0.495 e. The Morgan fingerprint density at radius 1 is 1.06 bits per heavy atom. The van der Waals surface area contributed by atoms with Crippen molar-refractivity contribution in [2.75, 3.05) is 38.7 Å². The number of morpholine rings is 1. The molecule has 2 aromatic carbocycles. The van der Waals surface area contributed by atoms with E-state index < -0.39 is 22.0 Å². The van der Waals surface area contributed by atoms with Crippen LogP contribution in [0.5, 0.6) is 11.5 Å². The molecule has 0 unspecified atom stereocenters. The van der Waals surface area contributed by atoms with Crippen LogP contribution in [0.25, 0.3) is 0 Å². The molecule has 1 heterocycles. The molecule has 178 valence electrons. The largest absolute Gasteiger partial charge is 0.495 e. The maximum atomic E-state index is 13.0. The van der Waals surface area contributed by atoms with Gasteiger partial charge in [-0.25, -0.2) is 8.42 Å². The number of nitrogens with zero attached hydrogens (tertiary/aromatic N) is 1. The van der Waals surface area contributed by atoms with E-state index in [9.17, 15) is 13.2 Å². The minimum absolute atomic E-state index is 0.0868. The number of amides is 1. The third-order valence-electron chi connectivity index (χ3n) is 6.04. The molecule has 1 atom stereocenters. The highest BCUT2D eigenvalue weighted by molar-refractivity contribution is 7.89. The number of aryl methyl sites for hydroxylation is 2. The number of hydrogen-bond donors (Lipinski definition) is 1. The van der Waals surface area contributed by atoms with Crippen molar-refractivity contribution in [2.45, 2.75) is 43.6 Å². The van der Waals surface area contributed by atoms with Crippen LogP contribution in [0.15, 0.2) is 41.3 Å². The highest BCUT2D eigenvalue weighted by atomic mass is 32.2. The van der Waals surface area contributed by atoms with Crippen molar-refractivity contribution < 1.29 is 27.4 Å². The highest BCUT2D eigenvalue weighted by Gasteiger charge is 2.28. The standard InChI is InChI=1S/C24H30N2O6S/c1-17(32-20-8-7-18-5-3-4-6-19(18)15-20)24(27)25-22-16-21(9-10-23(22)30-2)33(28,29)26-11-13-31-14-12-26/h7-10,15-17H,3-6,11-14H2,1-2H3,(H,25,27)/t17-/m1/s1. The average Bonchev–Trinajstić information content (AvgIpc) is 2.84. The number of carbonyl (C=O) groups is 1. The third-order valence-corrected chi connectivity index (χ3v) is 7.93. The summed E-state index contributed by atoms with van der Waals surface area (Å²) in [6.07, 6.45) is 3.68. The van der Waals surface area contributed by atoms with Crippen molar-refractivity contribution in [1.82, 2.24) is 4.31 Å². The van der Waals surface area contributed by atoms with Gasteiger partial charge in [0.2, 0.25) is 10.0 Å². The lowest BCUT2D eigenvalue weighted by Crippen LogP contribution is -2.40. The molecule has 1 fully saturated rings. The molecule has 0 saturated carbocycles. The van der Waals surface area contributed by atoms with Crippen LogP contribution < -0.4 is 14.8 Å². The molecule has 1 amide bonds. The molecule has 0 spiro atoms. The molecule has 0 aromatic heterocycles. The predicted molar refractivity (Wildman–Crippen MR) is 124 cm³/mol. The zero-order valence-electron chi connectivity index (χ0n) is 19.0. The van der Waals surface area contributed by atoms with Gasteiger partial charge in [0.05, 0.1) is 30.9 Å². The summed E-state index contributed by atoms with van der Waals surface area (Å²) in [7, 11) is -2.24. The lowest BCUT2D eigenvalue weighted by molar-refractivity contribution is -0.122. The fourth-order valence-corrected chi connectivity index (χ4v) is 5.59. The fraction of sp³-hybridized carbons (Fsp3) is 0.458. The second kappa shape index (κ2) is 10.1. The van der Waals surface area contributed by atoms with Gasteiger partial charge in [0.1, 0.15) is 11.5 Å². The quantitative estimate of drug-likeness (QED) is 0.663. The lowest BCUT2D eigenvalue weighted by Gasteiger charge is -2.26. The number of anilines is 1. The van der Waals surface area contributed by atoms with E-state index in [2.05, 4.69) is 11.4 Å². The number of carbonyl (C=O) groups excluding carboxylic acids is 1. The fourth-order valence-electron chi connectivity index (χ4n) is 4.16. The molecular weight excluding hydrogens is 444 g/mol. The molecule has 1 aliphatic carbocycles. The summed E-state index contributed by atoms with van der Waals surface area (Å²) in [5, 5.41) is 2.76. The van der Waals surface area contributed by atoms with Crippen molar-refractivity contribution in [1.29, 1.82) is 0 Å². The summed E-state index contributed by atoms with van der Waals surface area (Å²) in [6, 6.07) is 10.4. The second-order valence-electron chi connectivity index (χ2n) is 8.27. The Kier molecular flexibility index (Phi) is 7.21. The first kappa shape index (κ1) is 23.5. The molecule has 2 aliphatic rings. The number of hydrogen-bond acceptors (Lipinski definition) is 6. The van der Waals surface area contributed by atoms with Gasteiger partial charge in [0.15, 0.2) is 6.10 Å². The monoisotopic (exact) mass is 474 g/mol. The zero-order chi connectivity index (χ0) is 23.4. The molecule has 0 radical (unpaired) electrons. The molecule has 2 aromatic rings. The van der Waals surface area contributed by atoms with Gasteiger partial charge < -0.3 is 19.5 Å². The number of sulfonamides is 1. The van der Waals surface area contributed by atoms with E-state index in [1.807, 2.05) is 12.1 Å². The van der Waals surface area contributed by atoms with Crippen LogP contribution >= 0.6 is 0 Å². The van der Waals surface area contributed by atoms with Crippen LogP contribution in [-0.4, -0.2) is 58.1 Å². The van der Waals surface area contributed by atoms with E-state index in [0.29, 0.717) is 37.8 Å². The number of ether oxygens (including phenoxy) is 3. The number of fused-ring (bicyclic) bond motifs is 1. The van der Waals surface area contributed by atoms with Crippen LogP contribution in [0, 0.1) is 0 Å². The Morgan fingerprint density at radius 3 is 2.52 bits per heavy atom. The van der Waals surface area contributed by atoms with E-state index in [1.54, 1.807) is 6.92 Å². The summed E-state index contributed by atoms with van der Waals surface area (Å²) in [4.78, 5) is 13.0. The number of nitrogens with one attached hydrogen (secondary N) is 1. The topological polar surface area (TPSA) is 94.2 Å². The van der Waals surface area contributed by atoms with Crippen molar-refractivity contribution >= 4 is 21.6 Å². The van der Waals surface area contributed by atoms with Gasteiger partial charge in [0, 0.05) is 13.1 Å². The van der Waals surface area contributed by atoms with Gasteiger partial charge in [-0.05, 0) is 74.1 Å². The van der Waals surface area contributed by atoms with Crippen molar-refractivity contribution in [3.63, 3.8) is 0 Å². The predicted octanol–water partition coefficient (Wildman–Crippen LogP) is 3.00. The van der Waals surface area contributed by atoms with Gasteiger partial charge in [-0.15, -0.1) is 0 Å². The number of benzene rings is 2. The molecule has 0 bridgehead atoms. The number of rotatable bonds is 7. The molecule has 1 N–H and O–H groups in total. The average molecular weight is 475 g/mol. The maximum Gasteiger partial charge on any atom is 0.265 e. The Bertz CT molecular complexity index is 1110. The van der Waals surface area contributed by atoms with Crippen LogP contribution in [0.1, 0.15) is 30.9 Å². The van der Waals surface area contributed by atoms with Crippen molar-refractivity contribution in [3.05, 3.63) is 47.5 Å². The number of methoxy groups -OCH3 is 1. The maximum absolute atomic E-state index is 13.0. The first-order valence-electron chi connectivity index (χ1n) is 11.2. The molecular formula is C24H30N2O6S. The van der Waals surface area contributed by atoms with Crippen LogP contribution in [0.3, 0.4) is 0 Å². The Balaban J connectivity index is 1.49. The first-order chi connectivity index (χ1) is 15.9. The smallest absolute Gasteiger partial charge is 0.265 e. The SMILES string of the molecule is COc1ccc(S(=O)(=O)N2CCOCC2)cc1NC(=O)[C@@H](C)Oc1ccc2c(c1)CCCC2. The zero-order valence-corrected chi connectivity index (χ0v) is 19.8. The van der Waals surface area contributed by atoms with Crippen LogP contribution in [-0.2, 0) is 32.4 Å². The van der Waals surface area contributed by atoms with E-state index >= 15 is 0 Å². The normalized spacial score (nSPS) is 17.6. The molecule has 1 saturated heterocycles. The molecule has 4 rings (SSSR count).